The predicted octanol–water partition coefficient (Wildman–Crippen LogP) is 0.278. The summed E-state index contributed by atoms with van der Waals surface area (Å²) in [5.74, 6) is -0.146. The zero-order valence-corrected chi connectivity index (χ0v) is 9.63. The van der Waals surface area contributed by atoms with Gasteiger partial charge in [0.25, 0.3) is 0 Å². The van der Waals surface area contributed by atoms with Gasteiger partial charge in [0.1, 0.15) is 0 Å². The van der Waals surface area contributed by atoms with Crippen molar-refractivity contribution in [3.05, 3.63) is 0 Å². The first-order valence-corrected chi connectivity index (χ1v) is 5.67. The van der Waals surface area contributed by atoms with E-state index in [-0.39, 0.29) is 12.5 Å². The average Bonchev–Trinajstić information content (AvgIpc) is 2.21. The van der Waals surface area contributed by atoms with E-state index < -0.39 is 18.3 Å². The van der Waals surface area contributed by atoms with Gasteiger partial charge in [0, 0.05) is 6.61 Å². The molecule has 4 nitrogen and oxygen atoms in total. The minimum atomic E-state index is -0.809. The molecule has 4 atom stereocenters. The minimum absolute atomic E-state index is 0.0747. The molecular weight excluding hydrogens is 196 g/mol. The van der Waals surface area contributed by atoms with Crippen LogP contribution in [0.25, 0.3) is 0 Å². The van der Waals surface area contributed by atoms with Crippen molar-refractivity contribution in [2.24, 2.45) is 5.92 Å². The molecule has 0 saturated carbocycles. The van der Waals surface area contributed by atoms with E-state index >= 15 is 0 Å². The Morgan fingerprint density at radius 1 is 1.13 bits per heavy atom. The summed E-state index contributed by atoms with van der Waals surface area (Å²) >= 11 is 0. The fourth-order valence-electron chi connectivity index (χ4n) is 1.78. The van der Waals surface area contributed by atoms with E-state index in [9.17, 15) is 15.3 Å². The number of hydrogen-bond acceptors (Lipinski definition) is 4. The maximum Gasteiger partial charge on any atom is 0.0828 e. The van der Waals surface area contributed by atoms with Gasteiger partial charge in [0.2, 0.25) is 0 Å². The first-order chi connectivity index (χ1) is 7.02. The second-order valence-electron chi connectivity index (χ2n) is 4.18. The molecule has 0 aliphatic heterocycles. The van der Waals surface area contributed by atoms with Crippen molar-refractivity contribution in [3.8, 4) is 0 Å². The lowest BCUT2D eigenvalue weighted by Gasteiger charge is -2.27. The highest BCUT2D eigenvalue weighted by Crippen LogP contribution is 2.21. The Hall–Kier alpha value is -0.160. The van der Waals surface area contributed by atoms with Crippen LogP contribution in [0.2, 0.25) is 0 Å². The van der Waals surface area contributed by atoms with Crippen LogP contribution >= 0.6 is 0 Å². The van der Waals surface area contributed by atoms with E-state index in [4.69, 9.17) is 5.11 Å². The van der Waals surface area contributed by atoms with Gasteiger partial charge in [0.05, 0.1) is 18.3 Å². The van der Waals surface area contributed by atoms with Crippen LogP contribution in [0, 0.1) is 5.92 Å². The highest BCUT2D eigenvalue weighted by molar-refractivity contribution is 4.76. The molecule has 0 aliphatic rings. The zero-order valence-electron chi connectivity index (χ0n) is 9.63. The third-order valence-electron chi connectivity index (χ3n) is 2.67. The van der Waals surface area contributed by atoms with E-state index in [1.165, 1.54) is 0 Å². The van der Waals surface area contributed by atoms with Crippen LogP contribution in [0.4, 0.5) is 0 Å². The maximum absolute atomic E-state index is 9.81. The Morgan fingerprint density at radius 2 is 1.73 bits per heavy atom. The monoisotopic (exact) mass is 220 g/mol. The molecule has 4 unspecified atom stereocenters. The molecule has 0 radical (unpaired) electrons. The lowest BCUT2D eigenvalue weighted by molar-refractivity contribution is -0.0342. The van der Waals surface area contributed by atoms with Crippen LogP contribution in [-0.4, -0.2) is 45.3 Å². The summed E-state index contributed by atoms with van der Waals surface area (Å²) in [6, 6.07) is 0. The van der Waals surface area contributed by atoms with Gasteiger partial charge >= 0.3 is 0 Å². The lowest BCUT2D eigenvalue weighted by atomic mass is 9.88. The molecule has 0 aromatic rings. The van der Waals surface area contributed by atoms with Crippen molar-refractivity contribution in [3.63, 3.8) is 0 Å². The van der Waals surface area contributed by atoms with Crippen LogP contribution in [-0.2, 0) is 0 Å². The molecule has 4 N–H and O–H groups in total. The van der Waals surface area contributed by atoms with Crippen molar-refractivity contribution in [2.75, 3.05) is 6.61 Å². The summed E-state index contributed by atoms with van der Waals surface area (Å²) in [4.78, 5) is 0. The summed E-state index contributed by atoms with van der Waals surface area (Å²) in [5.41, 5.74) is 0. The topological polar surface area (TPSA) is 80.9 Å². The fraction of sp³-hybridized carbons (Fsp3) is 1.00. The highest BCUT2D eigenvalue weighted by atomic mass is 16.3. The smallest absolute Gasteiger partial charge is 0.0828 e. The molecule has 0 spiro atoms. The molecule has 0 saturated heterocycles. The van der Waals surface area contributed by atoms with Crippen molar-refractivity contribution >= 4 is 0 Å². The number of aliphatic hydroxyl groups is 4. The average molecular weight is 220 g/mol. The van der Waals surface area contributed by atoms with Gasteiger partial charge in [-0.05, 0) is 38.5 Å². The molecule has 0 aliphatic carbocycles. The highest BCUT2D eigenvalue weighted by Gasteiger charge is 2.25. The van der Waals surface area contributed by atoms with E-state index in [2.05, 4.69) is 0 Å². The summed E-state index contributed by atoms with van der Waals surface area (Å²) < 4.78 is 0. The molecule has 4 heteroatoms. The Balaban J connectivity index is 4.19. The third-order valence-corrected chi connectivity index (χ3v) is 2.67. The Morgan fingerprint density at radius 3 is 2.13 bits per heavy atom. The SMILES string of the molecule is CCC(O)C(O)C(CCCO)CC(C)O. The minimum Gasteiger partial charge on any atom is -0.396 e. The van der Waals surface area contributed by atoms with Crippen LogP contribution in [0.1, 0.15) is 39.5 Å². The van der Waals surface area contributed by atoms with Gasteiger partial charge in [-0.25, -0.2) is 0 Å². The molecular formula is C11H24O4. The number of rotatable bonds is 8. The van der Waals surface area contributed by atoms with E-state index in [0.29, 0.717) is 25.7 Å². The normalized spacial score (nSPS) is 19.6. The van der Waals surface area contributed by atoms with Gasteiger partial charge in [-0.15, -0.1) is 0 Å². The van der Waals surface area contributed by atoms with E-state index in [1.807, 2.05) is 0 Å². The summed E-state index contributed by atoms with van der Waals surface area (Å²) in [5, 5.41) is 37.3. The third kappa shape index (κ3) is 6.10. The molecule has 0 aromatic carbocycles. The van der Waals surface area contributed by atoms with Gasteiger partial charge in [-0.3, -0.25) is 0 Å². The first-order valence-electron chi connectivity index (χ1n) is 5.67. The van der Waals surface area contributed by atoms with E-state index in [1.54, 1.807) is 13.8 Å². The molecule has 0 bridgehead atoms. The zero-order chi connectivity index (χ0) is 11.8. The number of aliphatic hydroxyl groups excluding tert-OH is 4. The Bertz CT molecular complexity index is 150. The summed E-state index contributed by atoms with van der Waals surface area (Å²) in [7, 11) is 0. The molecule has 0 aromatic heterocycles. The molecule has 0 rings (SSSR count). The van der Waals surface area contributed by atoms with Crippen LogP contribution in [0.15, 0.2) is 0 Å². The van der Waals surface area contributed by atoms with Gasteiger partial charge < -0.3 is 20.4 Å². The number of hydrogen-bond donors (Lipinski definition) is 4. The second kappa shape index (κ2) is 8.05. The van der Waals surface area contributed by atoms with Gasteiger partial charge in [-0.1, -0.05) is 6.92 Å². The van der Waals surface area contributed by atoms with Crippen LogP contribution in [0.5, 0.6) is 0 Å². The van der Waals surface area contributed by atoms with Gasteiger partial charge in [-0.2, -0.15) is 0 Å². The first kappa shape index (κ1) is 14.8. The maximum atomic E-state index is 9.81. The van der Waals surface area contributed by atoms with Crippen LogP contribution < -0.4 is 0 Å². The standard InChI is InChI=1S/C11H24O4/c1-3-10(14)11(15)9(5-4-6-12)7-8(2)13/h8-15H,3-7H2,1-2H3. The lowest BCUT2D eigenvalue weighted by Crippen LogP contribution is -2.34. The van der Waals surface area contributed by atoms with Crippen molar-refractivity contribution in [1.82, 2.24) is 0 Å². The second-order valence-corrected chi connectivity index (χ2v) is 4.18. The fourth-order valence-corrected chi connectivity index (χ4v) is 1.78. The quantitative estimate of drug-likeness (QED) is 0.473. The van der Waals surface area contributed by atoms with Gasteiger partial charge in [0.15, 0.2) is 0 Å². The summed E-state index contributed by atoms with van der Waals surface area (Å²) in [6.07, 6.45) is 0.121. The predicted molar refractivity (Wildman–Crippen MR) is 58.4 cm³/mol. The Labute approximate surface area is 91.6 Å². The Kier molecular flexibility index (Phi) is 7.96. The van der Waals surface area contributed by atoms with Crippen molar-refractivity contribution in [1.29, 1.82) is 0 Å². The molecule has 0 amide bonds. The summed E-state index contributed by atoms with van der Waals surface area (Å²) in [6.45, 7) is 3.54. The van der Waals surface area contributed by atoms with E-state index in [0.717, 1.165) is 0 Å². The largest absolute Gasteiger partial charge is 0.396 e. The molecule has 0 heterocycles. The molecule has 92 valence electrons. The molecule has 0 fully saturated rings. The van der Waals surface area contributed by atoms with Crippen molar-refractivity contribution in [2.45, 2.75) is 57.8 Å². The van der Waals surface area contributed by atoms with Crippen molar-refractivity contribution < 1.29 is 20.4 Å². The molecule has 15 heavy (non-hydrogen) atoms. The van der Waals surface area contributed by atoms with Crippen LogP contribution in [0.3, 0.4) is 0 Å².